The molecule has 0 spiro atoms. The molecule has 6 heteroatoms. The normalized spacial score (nSPS) is 28.6. The van der Waals surface area contributed by atoms with Gasteiger partial charge < -0.3 is 15.1 Å². The van der Waals surface area contributed by atoms with E-state index in [-0.39, 0.29) is 11.8 Å². The van der Waals surface area contributed by atoms with Gasteiger partial charge in [0.25, 0.3) is 0 Å². The molecule has 0 aromatic rings. The van der Waals surface area contributed by atoms with Crippen molar-refractivity contribution in [3.8, 4) is 0 Å². The summed E-state index contributed by atoms with van der Waals surface area (Å²) in [5, 5.41) is 3.14. The number of hydrogen-bond donors (Lipinski definition) is 1. The Morgan fingerprint density at radius 3 is 1.76 bits per heavy atom. The minimum atomic E-state index is 0.253. The van der Waals surface area contributed by atoms with E-state index in [0.717, 1.165) is 65.0 Å². The van der Waals surface area contributed by atoms with Gasteiger partial charge in [0.2, 0.25) is 0 Å². The van der Waals surface area contributed by atoms with Crippen LogP contribution in [0.4, 0.5) is 0 Å². The van der Waals surface area contributed by atoms with Gasteiger partial charge in [0, 0.05) is 76.8 Å². The number of hydrogen-bond acceptors (Lipinski definition) is 6. The van der Waals surface area contributed by atoms with Crippen LogP contribution in [0.25, 0.3) is 0 Å². The maximum atomic E-state index is 10.9. The van der Waals surface area contributed by atoms with E-state index in [9.17, 15) is 14.4 Å². The fraction of sp³-hybridized carbons (Fsp3) is 0.842. The lowest BCUT2D eigenvalue weighted by Gasteiger charge is -2.25. The van der Waals surface area contributed by atoms with Crippen molar-refractivity contribution < 1.29 is 14.4 Å². The van der Waals surface area contributed by atoms with Gasteiger partial charge in [-0.1, -0.05) is 13.8 Å². The van der Waals surface area contributed by atoms with E-state index in [1.165, 1.54) is 0 Å². The number of piperidine rings is 3. The fourth-order valence-electron chi connectivity index (χ4n) is 2.97. The molecule has 1 N–H and O–H groups in total. The quantitative estimate of drug-likeness (QED) is 0.700. The molecule has 144 valence electrons. The minimum Gasteiger partial charge on any atom is -0.316 e. The van der Waals surface area contributed by atoms with Gasteiger partial charge in [-0.15, -0.1) is 0 Å². The van der Waals surface area contributed by atoms with E-state index in [2.05, 4.69) is 22.2 Å². The highest BCUT2D eigenvalue weighted by Crippen LogP contribution is 2.09. The zero-order valence-corrected chi connectivity index (χ0v) is 16.3. The Morgan fingerprint density at radius 1 is 0.800 bits per heavy atom. The lowest BCUT2D eigenvalue weighted by molar-refractivity contribution is -0.125. The molecule has 2 unspecified atom stereocenters. The van der Waals surface area contributed by atoms with E-state index >= 15 is 0 Å². The number of carbonyl (C=O) groups is 3. The van der Waals surface area contributed by atoms with Gasteiger partial charge in [0.1, 0.15) is 17.3 Å². The van der Waals surface area contributed by atoms with Gasteiger partial charge in [0.15, 0.2) is 0 Å². The largest absolute Gasteiger partial charge is 0.316 e. The highest BCUT2D eigenvalue weighted by Gasteiger charge is 2.20. The molecule has 3 fully saturated rings. The standard InChI is InChI=1S/C7H13NO.2C6H11NO/c1-6-5-8(2)4-3-7(6)9;1-7-4-2-6(8)3-5-7;1-5-4-7-3-2-6(5)8/h6H,3-5H2,1-2H3;2-5H2,1H3;5,7H,2-4H2,1H3. The van der Waals surface area contributed by atoms with Gasteiger partial charge >= 0.3 is 0 Å². The summed E-state index contributed by atoms with van der Waals surface area (Å²) in [5.74, 6) is 1.77. The SMILES string of the molecule is CC1CN(C)CCC1=O.CC1CNCCC1=O.CN1CCC(=O)CC1. The number of rotatable bonds is 0. The fourth-order valence-corrected chi connectivity index (χ4v) is 2.97. The third kappa shape index (κ3) is 9.23. The summed E-state index contributed by atoms with van der Waals surface area (Å²) >= 11 is 0. The Morgan fingerprint density at radius 2 is 1.36 bits per heavy atom. The molecule has 3 rings (SSSR count). The molecule has 2 atom stereocenters. The van der Waals surface area contributed by atoms with Gasteiger partial charge in [-0.05, 0) is 14.1 Å². The number of likely N-dealkylation sites (tertiary alicyclic amines) is 2. The topological polar surface area (TPSA) is 69.7 Å². The Hall–Kier alpha value is -1.11. The van der Waals surface area contributed by atoms with Crippen LogP contribution in [0.3, 0.4) is 0 Å². The molecule has 0 aliphatic carbocycles. The van der Waals surface area contributed by atoms with Crippen molar-refractivity contribution >= 4 is 17.3 Å². The van der Waals surface area contributed by atoms with Crippen LogP contribution in [-0.2, 0) is 14.4 Å². The van der Waals surface area contributed by atoms with Crippen molar-refractivity contribution in [3.05, 3.63) is 0 Å². The van der Waals surface area contributed by atoms with Gasteiger partial charge in [-0.2, -0.15) is 0 Å². The van der Waals surface area contributed by atoms with Crippen LogP contribution in [0.15, 0.2) is 0 Å². The molecule has 25 heavy (non-hydrogen) atoms. The number of nitrogens with zero attached hydrogens (tertiary/aromatic N) is 2. The van der Waals surface area contributed by atoms with Gasteiger partial charge in [0.05, 0.1) is 0 Å². The van der Waals surface area contributed by atoms with E-state index in [0.29, 0.717) is 17.3 Å². The molecule has 3 heterocycles. The van der Waals surface area contributed by atoms with Crippen LogP contribution in [0.2, 0.25) is 0 Å². The molecule has 0 amide bonds. The first-order valence-corrected chi connectivity index (χ1v) is 9.44. The monoisotopic (exact) mass is 353 g/mol. The highest BCUT2D eigenvalue weighted by atomic mass is 16.1. The van der Waals surface area contributed by atoms with Gasteiger partial charge in [-0.3, -0.25) is 14.4 Å². The van der Waals surface area contributed by atoms with Crippen molar-refractivity contribution in [1.82, 2.24) is 15.1 Å². The Kier molecular flexibility index (Phi) is 10.1. The molecule has 0 radical (unpaired) electrons. The second-order valence-corrected chi connectivity index (χ2v) is 7.54. The van der Waals surface area contributed by atoms with Crippen molar-refractivity contribution in [2.24, 2.45) is 11.8 Å². The Labute approximate surface area is 152 Å². The summed E-state index contributed by atoms with van der Waals surface area (Å²) in [6.45, 7) is 9.52. The maximum Gasteiger partial charge on any atom is 0.138 e. The number of nitrogens with one attached hydrogen (secondary N) is 1. The van der Waals surface area contributed by atoms with E-state index in [1.54, 1.807) is 0 Å². The van der Waals surface area contributed by atoms with E-state index in [4.69, 9.17) is 0 Å². The first-order chi connectivity index (χ1) is 11.8. The molecule has 0 aromatic heterocycles. The second kappa shape index (κ2) is 11.5. The van der Waals surface area contributed by atoms with E-state index < -0.39 is 0 Å². The summed E-state index contributed by atoms with van der Waals surface area (Å²) in [6.07, 6.45) is 2.99. The third-order valence-electron chi connectivity index (χ3n) is 4.97. The zero-order valence-electron chi connectivity index (χ0n) is 16.3. The van der Waals surface area contributed by atoms with Crippen molar-refractivity contribution in [3.63, 3.8) is 0 Å². The number of carbonyl (C=O) groups excluding carboxylic acids is 3. The molecular formula is C19H35N3O3. The average molecular weight is 354 g/mol. The predicted octanol–water partition coefficient (Wildman–Crippen LogP) is 0.993. The first kappa shape index (κ1) is 21.9. The molecule has 3 saturated heterocycles. The third-order valence-corrected chi connectivity index (χ3v) is 4.97. The summed E-state index contributed by atoms with van der Waals surface area (Å²) in [6, 6.07) is 0. The van der Waals surface area contributed by atoms with Crippen LogP contribution in [0, 0.1) is 11.8 Å². The van der Waals surface area contributed by atoms with Crippen LogP contribution in [-0.4, -0.2) is 80.5 Å². The summed E-state index contributed by atoms with van der Waals surface area (Å²) in [4.78, 5) is 36.6. The minimum absolute atomic E-state index is 0.253. The lowest BCUT2D eigenvalue weighted by atomic mass is 9.99. The van der Waals surface area contributed by atoms with Crippen LogP contribution in [0.1, 0.15) is 39.5 Å². The summed E-state index contributed by atoms with van der Waals surface area (Å²) in [5.41, 5.74) is 0. The van der Waals surface area contributed by atoms with Crippen molar-refractivity contribution in [2.45, 2.75) is 39.5 Å². The first-order valence-electron chi connectivity index (χ1n) is 9.44. The lowest BCUT2D eigenvalue weighted by Crippen LogP contribution is -2.36. The molecule has 0 saturated carbocycles. The zero-order chi connectivity index (χ0) is 18.8. The molecule has 6 nitrogen and oxygen atoms in total. The second-order valence-electron chi connectivity index (χ2n) is 7.54. The van der Waals surface area contributed by atoms with Crippen molar-refractivity contribution in [1.29, 1.82) is 0 Å². The smallest absolute Gasteiger partial charge is 0.138 e. The molecule has 3 aliphatic heterocycles. The predicted molar refractivity (Wildman–Crippen MR) is 99.7 cm³/mol. The molecule has 0 bridgehead atoms. The average Bonchev–Trinajstić information content (AvgIpc) is 2.58. The molecule has 3 aliphatic rings. The molecular weight excluding hydrogens is 318 g/mol. The Bertz CT molecular complexity index is 443. The maximum absolute atomic E-state index is 10.9. The number of ketones is 3. The van der Waals surface area contributed by atoms with Gasteiger partial charge in [-0.25, -0.2) is 0 Å². The molecule has 0 aromatic carbocycles. The van der Waals surface area contributed by atoms with Crippen LogP contribution in [0.5, 0.6) is 0 Å². The Balaban J connectivity index is 0.000000188. The van der Waals surface area contributed by atoms with Crippen LogP contribution < -0.4 is 5.32 Å². The van der Waals surface area contributed by atoms with E-state index in [1.807, 2.05) is 20.9 Å². The number of Topliss-reactive ketones (excluding diaryl/α,β-unsaturated/α-hetero) is 3. The summed E-state index contributed by atoms with van der Waals surface area (Å²) < 4.78 is 0. The van der Waals surface area contributed by atoms with Crippen LogP contribution >= 0.6 is 0 Å². The van der Waals surface area contributed by atoms with Crippen molar-refractivity contribution in [2.75, 3.05) is 53.4 Å². The summed E-state index contributed by atoms with van der Waals surface area (Å²) in [7, 11) is 4.11. The highest BCUT2D eigenvalue weighted by molar-refractivity contribution is 5.82.